The molecule has 7 N–H and O–H groups in total. The van der Waals surface area contributed by atoms with E-state index >= 15 is 0 Å². The van der Waals surface area contributed by atoms with E-state index in [1.54, 1.807) is 13.8 Å². The van der Waals surface area contributed by atoms with Gasteiger partial charge >= 0.3 is 12.2 Å². The molecule has 0 saturated carbocycles. The number of carbonyl (C=O) groups excluding carboxylic acids is 2. The monoisotopic (exact) mass is 658 g/mol. The number of carbonyl (C=O) groups is 2. The fraction of sp³-hybridized carbons (Fsp3) is 0.517. The van der Waals surface area contributed by atoms with Crippen LogP contribution >= 0.6 is 0 Å². The number of amides is 2. The number of aliphatic hydroxyl groups is 5. The number of halogens is 2. The Morgan fingerprint density at radius 3 is 1.72 bits per heavy atom. The number of hydrogen-bond acceptors (Lipinski definition) is 13. The van der Waals surface area contributed by atoms with Crippen LogP contribution in [-0.4, -0.2) is 118 Å². The van der Waals surface area contributed by atoms with Gasteiger partial charge in [0.15, 0.2) is 12.6 Å². The molecule has 1 unspecified atom stereocenters. The van der Waals surface area contributed by atoms with E-state index in [0.29, 0.717) is 0 Å². The molecular formula is C29H36F2N2O13. The zero-order valence-corrected chi connectivity index (χ0v) is 24.6. The Balaban J connectivity index is 1.44. The molecule has 2 heterocycles. The molecular weight excluding hydrogens is 622 g/mol. The predicted molar refractivity (Wildman–Crippen MR) is 151 cm³/mol. The lowest BCUT2D eigenvalue weighted by atomic mass is 9.97. The topological polar surface area (TPSA) is 215 Å². The molecule has 15 nitrogen and oxygen atoms in total. The maximum absolute atomic E-state index is 14.0. The van der Waals surface area contributed by atoms with Crippen molar-refractivity contribution in [2.75, 3.05) is 23.8 Å². The lowest BCUT2D eigenvalue weighted by Crippen LogP contribution is -2.65. The Morgan fingerprint density at radius 2 is 1.20 bits per heavy atom. The molecule has 10 atom stereocenters. The second-order valence-corrected chi connectivity index (χ2v) is 10.7. The molecule has 0 spiro atoms. The fourth-order valence-corrected chi connectivity index (χ4v) is 4.64. The SMILES string of the molecule is CC(C)O[C@@H]1O[C@H](COC(=O)Nc2ccccc2F)[C@@H](OC2O[C@H](COC(=O)Nc3ccccc3F)[C@@H](O)[C@H](O)[C@H]2O)[C@H](O)[C@H]1O. The molecule has 46 heavy (non-hydrogen) atoms. The number of aliphatic hydroxyl groups excluding tert-OH is 5. The van der Waals surface area contributed by atoms with Crippen LogP contribution < -0.4 is 10.6 Å². The Morgan fingerprint density at radius 1 is 0.717 bits per heavy atom. The largest absolute Gasteiger partial charge is 0.446 e. The van der Waals surface area contributed by atoms with Gasteiger partial charge in [-0.2, -0.15) is 0 Å². The average molecular weight is 659 g/mol. The highest BCUT2D eigenvalue weighted by Gasteiger charge is 2.51. The van der Waals surface area contributed by atoms with Gasteiger partial charge in [-0.1, -0.05) is 24.3 Å². The fourth-order valence-electron chi connectivity index (χ4n) is 4.64. The summed E-state index contributed by atoms with van der Waals surface area (Å²) in [6, 6.07) is 10.6. The lowest BCUT2D eigenvalue weighted by Gasteiger charge is -2.46. The molecule has 2 amide bonds. The molecule has 17 heteroatoms. The molecule has 0 bridgehead atoms. The standard InChI is InChI=1S/C29H36F2N2O13/c1-13(2)43-26-24(38)22(36)25(19(45-26)12-42-29(40)33-17-10-6-4-8-15(17)31)46-27-23(37)21(35)20(34)18(44-27)11-41-28(39)32-16-9-5-3-7-14(16)30/h3-10,13,18-27,34-38H,11-12H2,1-2H3,(H,32,39)(H,33,40)/t18-,19-,20-,21+,22-,23-,24-,25-,26-,27?/m1/s1. The van der Waals surface area contributed by atoms with Crippen LogP contribution in [0.25, 0.3) is 0 Å². The van der Waals surface area contributed by atoms with Gasteiger partial charge < -0.3 is 54.0 Å². The number of ether oxygens (including phenoxy) is 6. The summed E-state index contributed by atoms with van der Waals surface area (Å²) < 4.78 is 60.5. The van der Waals surface area contributed by atoms with Gasteiger partial charge in [-0.25, -0.2) is 18.4 Å². The molecule has 0 aliphatic carbocycles. The van der Waals surface area contributed by atoms with E-state index in [0.717, 1.165) is 12.1 Å². The first-order valence-electron chi connectivity index (χ1n) is 14.2. The van der Waals surface area contributed by atoms with Gasteiger partial charge in [0.2, 0.25) is 0 Å². The Hall–Kier alpha value is -3.52. The van der Waals surface area contributed by atoms with Crippen LogP contribution in [0.1, 0.15) is 13.8 Å². The molecule has 2 aliphatic rings. The van der Waals surface area contributed by atoms with Crippen molar-refractivity contribution in [2.24, 2.45) is 0 Å². The first-order chi connectivity index (χ1) is 21.8. The Kier molecular flexibility index (Phi) is 12.2. The van der Waals surface area contributed by atoms with Crippen LogP contribution in [-0.2, 0) is 28.4 Å². The number of hydrogen-bond donors (Lipinski definition) is 7. The minimum absolute atomic E-state index is 0.177. The van der Waals surface area contributed by atoms with E-state index in [9.17, 15) is 43.9 Å². The summed E-state index contributed by atoms with van der Waals surface area (Å²) in [5.74, 6) is -1.47. The third kappa shape index (κ3) is 8.84. The zero-order chi connectivity index (χ0) is 33.5. The minimum atomic E-state index is -1.93. The normalized spacial score (nSPS) is 31.3. The summed E-state index contributed by atoms with van der Waals surface area (Å²) in [4.78, 5) is 24.6. The van der Waals surface area contributed by atoms with Crippen molar-refractivity contribution in [3.05, 3.63) is 60.2 Å². The third-order valence-corrected chi connectivity index (χ3v) is 6.99. The second-order valence-electron chi connectivity index (χ2n) is 10.7. The van der Waals surface area contributed by atoms with Gasteiger partial charge in [0.05, 0.1) is 17.5 Å². The number of para-hydroxylation sites is 2. The number of benzene rings is 2. The second kappa shape index (κ2) is 15.9. The molecule has 4 rings (SSSR count). The van der Waals surface area contributed by atoms with Crippen molar-refractivity contribution in [3.8, 4) is 0 Å². The zero-order valence-electron chi connectivity index (χ0n) is 24.6. The van der Waals surface area contributed by atoms with Crippen molar-refractivity contribution < 1.29 is 72.3 Å². The van der Waals surface area contributed by atoms with Gasteiger partial charge in [-0.05, 0) is 38.1 Å². The van der Waals surface area contributed by atoms with Crippen molar-refractivity contribution in [3.63, 3.8) is 0 Å². The quantitative estimate of drug-likeness (QED) is 0.189. The lowest BCUT2D eigenvalue weighted by molar-refractivity contribution is -0.361. The van der Waals surface area contributed by atoms with Gasteiger partial charge in [0.25, 0.3) is 0 Å². The summed E-state index contributed by atoms with van der Waals surface area (Å²) in [7, 11) is 0. The van der Waals surface area contributed by atoms with Gasteiger partial charge in [0, 0.05) is 0 Å². The van der Waals surface area contributed by atoms with Crippen LogP contribution in [0.5, 0.6) is 0 Å². The molecule has 2 aliphatic heterocycles. The Bertz CT molecular complexity index is 1320. The van der Waals surface area contributed by atoms with Crippen molar-refractivity contribution in [1.82, 2.24) is 0 Å². The van der Waals surface area contributed by atoms with Crippen LogP contribution in [0.4, 0.5) is 29.7 Å². The summed E-state index contributed by atoms with van der Waals surface area (Å²) in [5.41, 5.74) is -0.363. The van der Waals surface area contributed by atoms with Crippen LogP contribution in [0.2, 0.25) is 0 Å². The van der Waals surface area contributed by atoms with Crippen LogP contribution in [0, 0.1) is 11.6 Å². The Labute approximate surface area is 261 Å². The number of nitrogens with one attached hydrogen (secondary N) is 2. The number of anilines is 2. The van der Waals surface area contributed by atoms with Gasteiger partial charge in [0.1, 0.15) is 73.7 Å². The van der Waals surface area contributed by atoms with E-state index in [2.05, 4.69) is 10.6 Å². The maximum Gasteiger partial charge on any atom is 0.411 e. The maximum atomic E-state index is 14.0. The average Bonchev–Trinajstić information content (AvgIpc) is 3.01. The van der Waals surface area contributed by atoms with E-state index in [4.69, 9.17) is 28.4 Å². The van der Waals surface area contributed by atoms with Crippen LogP contribution in [0.15, 0.2) is 48.5 Å². The summed E-state index contributed by atoms with van der Waals surface area (Å²) >= 11 is 0. The summed E-state index contributed by atoms with van der Waals surface area (Å²) in [6.07, 6.45) is -19.6. The molecule has 0 aromatic heterocycles. The van der Waals surface area contributed by atoms with Crippen molar-refractivity contribution in [1.29, 1.82) is 0 Å². The highest BCUT2D eigenvalue weighted by atomic mass is 19.1. The van der Waals surface area contributed by atoms with Crippen molar-refractivity contribution in [2.45, 2.75) is 81.4 Å². The molecule has 2 aromatic carbocycles. The van der Waals surface area contributed by atoms with Gasteiger partial charge in [-0.3, -0.25) is 10.6 Å². The third-order valence-electron chi connectivity index (χ3n) is 6.99. The smallest absolute Gasteiger partial charge is 0.411 e. The molecule has 2 aromatic rings. The molecule has 0 radical (unpaired) electrons. The van der Waals surface area contributed by atoms with E-state index in [-0.39, 0.29) is 11.4 Å². The highest BCUT2D eigenvalue weighted by molar-refractivity contribution is 5.85. The van der Waals surface area contributed by atoms with Crippen LogP contribution in [0.3, 0.4) is 0 Å². The molecule has 254 valence electrons. The molecule has 2 saturated heterocycles. The number of rotatable bonds is 10. The van der Waals surface area contributed by atoms with Crippen molar-refractivity contribution >= 4 is 23.6 Å². The van der Waals surface area contributed by atoms with E-state index in [1.807, 2.05) is 0 Å². The predicted octanol–water partition coefficient (Wildman–Crippen LogP) is 0.826. The minimum Gasteiger partial charge on any atom is -0.446 e. The highest BCUT2D eigenvalue weighted by Crippen LogP contribution is 2.30. The summed E-state index contributed by atoms with van der Waals surface area (Å²) in [5, 5.41) is 57.6. The van der Waals surface area contributed by atoms with E-state index in [1.165, 1.54) is 36.4 Å². The van der Waals surface area contributed by atoms with E-state index < -0.39 is 105 Å². The first-order valence-corrected chi connectivity index (χ1v) is 14.2. The van der Waals surface area contributed by atoms with Gasteiger partial charge in [-0.15, -0.1) is 0 Å². The first kappa shape index (κ1) is 35.3. The summed E-state index contributed by atoms with van der Waals surface area (Å²) in [6.45, 7) is 1.92. The molecule has 2 fully saturated rings.